The molecule has 0 saturated heterocycles. The number of aromatic amines is 1. The van der Waals surface area contributed by atoms with Crippen LogP contribution in [0.3, 0.4) is 0 Å². The molecule has 1 fully saturated rings. The first-order valence-electron chi connectivity index (χ1n) is 8.25. The maximum absolute atomic E-state index is 13.1. The minimum atomic E-state index is -0.285. The predicted octanol–water partition coefficient (Wildman–Crippen LogP) is 2.98. The highest BCUT2D eigenvalue weighted by Crippen LogP contribution is 2.42. The number of nitrogens with one attached hydrogen (secondary N) is 1. The van der Waals surface area contributed by atoms with Crippen molar-refractivity contribution in [2.24, 2.45) is 0 Å². The van der Waals surface area contributed by atoms with E-state index < -0.39 is 0 Å². The lowest BCUT2D eigenvalue weighted by atomic mass is 10.1. The zero-order valence-electron chi connectivity index (χ0n) is 13.2. The number of rotatable bonds is 3. The number of carbonyl (C=O) groups is 1. The van der Waals surface area contributed by atoms with E-state index in [9.17, 15) is 9.59 Å². The molecule has 1 atom stereocenters. The number of benzene rings is 1. The van der Waals surface area contributed by atoms with Gasteiger partial charge in [0.2, 0.25) is 0 Å². The highest BCUT2D eigenvalue weighted by molar-refractivity contribution is 5.94. The van der Waals surface area contributed by atoms with Crippen LogP contribution in [0.5, 0.6) is 0 Å². The van der Waals surface area contributed by atoms with Crippen molar-refractivity contribution in [3.05, 3.63) is 69.1 Å². The number of carbonyl (C=O) groups excluding carboxylic acids is 1. The van der Waals surface area contributed by atoms with Crippen molar-refractivity contribution in [1.82, 2.24) is 9.88 Å². The Morgan fingerprint density at radius 1 is 1.13 bits per heavy atom. The topological polar surface area (TPSA) is 53.2 Å². The summed E-state index contributed by atoms with van der Waals surface area (Å²) in [5, 5.41) is 0. The standard InChI is InChI=1S/C19H20N2O2/c1-12-6-10-16(18(22)20-12)19(23)21(14-8-9-14)17-11-7-13-4-2-3-5-15(13)17/h2-6,10,14,17H,7-9,11H2,1H3,(H,20,22)/t17-/m1/s1. The summed E-state index contributed by atoms with van der Waals surface area (Å²) < 4.78 is 0. The Morgan fingerprint density at radius 2 is 1.91 bits per heavy atom. The Labute approximate surface area is 135 Å². The summed E-state index contributed by atoms with van der Waals surface area (Å²) in [6, 6.07) is 12.2. The van der Waals surface area contributed by atoms with Crippen LogP contribution in [0.25, 0.3) is 0 Å². The molecule has 2 aromatic rings. The fourth-order valence-electron chi connectivity index (χ4n) is 3.62. The summed E-state index contributed by atoms with van der Waals surface area (Å²) in [6.45, 7) is 1.82. The van der Waals surface area contributed by atoms with E-state index in [1.807, 2.05) is 17.9 Å². The Bertz CT molecular complexity index is 820. The zero-order chi connectivity index (χ0) is 16.0. The van der Waals surface area contributed by atoms with E-state index in [2.05, 4.69) is 23.2 Å². The molecule has 4 rings (SSSR count). The molecule has 118 valence electrons. The SMILES string of the molecule is Cc1ccc(C(=O)N(C2CC2)[C@@H]2CCc3ccccc32)c(=O)[nH]1. The maximum atomic E-state index is 13.1. The number of pyridine rings is 1. The summed E-state index contributed by atoms with van der Waals surface area (Å²) in [7, 11) is 0. The van der Waals surface area contributed by atoms with E-state index in [1.54, 1.807) is 12.1 Å². The Balaban J connectivity index is 1.72. The lowest BCUT2D eigenvalue weighted by Crippen LogP contribution is -2.38. The van der Waals surface area contributed by atoms with Gasteiger partial charge in [-0.3, -0.25) is 9.59 Å². The minimum absolute atomic E-state index is 0.104. The van der Waals surface area contributed by atoms with Crippen LogP contribution in [-0.4, -0.2) is 21.8 Å². The third-order valence-corrected chi connectivity index (χ3v) is 4.90. The molecule has 0 unspecified atom stereocenters. The van der Waals surface area contributed by atoms with Crippen molar-refractivity contribution in [2.45, 2.75) is 44.7 Å². The quantitative estimate of drug-likeness (QED) is 0.947. The van der Waals surface area contributed by atoms with Crippen LogP contribution < -0.4 is 5.56 Å². The molecule has 0 bridgehead atoms. The molecule has 4 nitrogen and oxygen atoms in total. The Hall–Kier alpha value is -2.36. The smallest absolute Gasteiger partial charge is 0.260 e. The van der Waals surface area contributed by atoms with Crippen molar-refractivity contribution in [1.29, 1.82) is 0 Å². The van der Waals surface area contributed by atoms with Crippen LogP contribution in [-0.2, 0) is 6.42 Å². The molecule has 0 spiro atoms. The van der Waals surface area contributed by atoms with E-state index >= 15 is 0 Å². The van der Waals surface area contributed by atoms with Crippen molar-refractivity contribution in [2.75, 3.05) is 0 Å². The number of aromatic nitrogens is 1. The Kier molecular flexibility index (Phi) is 3.33. The van der Waals surface area contributed by atoms with Crippen molar-refractivity contribution < 1.29 is 4.79 Å². The molecule has 1 saturated carbocycles. The van der Waals surface area contributed by atoms with Gasteiger partial charge in [-0.15, -0.1) is 0 Å². The van der Waals surface area contributed by atoms with Crippen LogP contribution in [0.15, 0.2) is 41.2 Å². The van der Waals surface area contributed by atoms with Gasteiger partial charge in [0.1, 0.15) is 5.56 Å². The van der Waals surface area contributed by atoms with Crippen molar-refractivity contribution >= 4 is 5.91 Å². The lowest BCUT2D eigenvalue weighted by Gasteiger charge is -2.30. The first-order valence-corrected chi connectivity index (χ1v) is 8.25. The fraction of sp³-hybridized carbons (Fsp3) is 0.368. The first kappa shape index (κ1) is 14.2. The van der Waals surface area contributed by atoms with Gasteiger partial charge in [-0.2, -0.15) is 0 Å². The molecule has 0 radical (unpaired) electrons. The molecule has 23 heavy (non-hydrogen) atoms. The predicted molar refractivity (Wildman–Crippen MR) is 88.5 cm³/mol. The van der Waals surface area contributed by atoms with Gasteiger partial charge in [0.15, 0.2) is 0 Å². The average Bonchev–Trinajstić information content (AvgIpc) is 3.28. The molecular formula is C19H20N2O2. The minimum Gasteiger partial charge on any atom is -0.328 e. The van der Waals surface area contributed by atoms with Crippen LogP contribution in [0.1, 0.15) is 52.5 Å². The number of hydrogen-bond donors (Lipinski definition) is 1. The summed E-state index contributed by atoms with van der Waals surface area (Å²) in [5.74, 6) is -0.129. The van der Waals surface area contributed by atoms with Gasteiger partial charge < -0.3 is 9.88 Å². The van der Waals surface area contributed by atoms with E-state index in [4.69, 9.17) is 0 Å². The number of H-pyrrole nitrogens is 1. The molecule has 1 heterocycles. The van der Waals surface area contributed by atoms with Gasteiger partial charge in [-0.1, -0.05) is 24.3 Å². The number of fused-ring (bicyclic) bond motifs is 1. The van der Waals surface area contributed by atoms with Crippen LogP contribution in [0, 0.1) is 6.92 Å². The second-order valence-electron chi connectivity index (χ2n) is 6.58. The lowest BCUT2D eigenvalue weighted by molar-refractivity contribution is 0.0656. The summed E-state index contributed by atoms with van der Waals surface area (Å²) >= 11 is 0. The van der Waals surface area contributed by atoms with Gasteiger partial charge in [0.05, 0.1) is 6.04 Å². The zero-order valence-corrected chi connectivity index (χ0v) is 13.2. The molecule has 1 aromatic heterocycles. The van der Waals surface area contributed by atoms with Gasteiger partial charge in [0.25, 0.3) is 11.5 Å². The van der Waals surface area contributed by atoms with Gasteiger partial charge in [-0.05, 0) is 55.9 Å². The molecule has 1 N–H and O–H groups in total. The second-order valence-corrected chi connectivity index (χ2v) is 6.58. The van der Waals surface area contributed by atoms with E-state index in [-0.39, 0.29) is 29.1 Å². The summed E-state index contributed by atoms with van der Waals surface area (Å²) in [6.07, 6.45) is 4.02. The van der Waals surface area contributed by atoms with Crippen LogP contribution in [0.4, 0.5) is 0 Å². The second kappa shape index (κ2) is 5.37. The molecule has 1 aromatic carbocycles. The largest absolute Gasteiger partial charge is 0.328 e. The number of nitrogens with zero attached hydrogens (tertiary/aromatic N) is 1. The molecule has 1 amide bonds. The highest BCUT2D eigenvalue weighted by atomic mass is 16.2. The molecular weight excluding hydrogens is 288 g/mol. The molecule has 2 aliphatic carbocycles. The number of amides is 1. The average molecular weight is 308 g/mol. The van der Waals surface area contributed by atoms with Crippen LogP contribution >= 0.6 is 0 Å². The molecule has 2 aliphatic rings. The first-order chi connectivity index (χ1) is 11.1. The van der Waals surface area contributed by atoms with E-state index in [0.29, 0.717) is 0 Å². The fourth-order valence-corrected chi connectivity index (χ4v) is 3.62. The van der Waals surface area contributed by atoms with Gasteiger partial charge in [-0.25, -0.2) is 0 Å². The van der Waals surface area contributed by atoms with Gasteiger partial charge in [0, 0.05) is 11.7 Å². The summed E-state index contributed by atoms with van der Waals surface area (Å²) in [4.78, 5) is 30.0. The third kappa shape index (κ3) is 2.48. The summed E-state index contributed by atoms with van der Waals surface area (Å²) in [5.41, 5.74) is 3.32. The van der Waals surface area contributed by atoms with E-state index in [1.165, 1.54) is 11.1 Å². The third-order valence-electron chi connectivity index (χ3n) is 4.90. The Morgan fingerprint density at radius 3 is 2.65 bits per heavy atom. The monoisotopic (exact) mass is 308 g/mol. The van der Waals surface area contributed by atoms with Gasteiger partial charge >= 0.3 is 0 Å². The highest BCUT2D eigenvalue weighted by Gasteiger charge is 2.41. The van der Waals surface area contributed by atoms with Crippen molar-refractivity contribution in [3.63, 3.8) is 0 Å². The maximum Gasteiger partial charge on any atom is 0.260 e. The normalized spacial score (nSPS) is 19.4. The number of aryl methyl sites for hydroxylation is 2. The van der Waals surface area contributed by atoms with E-state index in [0.717, 1.165) is 31.4 Å². The van der Waals surface area contributed by atoms with Crippen molar-refractivity contribution in [3.8, 4) is 0 Å². The molecule has 4 heteroatoms. The van der Waals surface area contributed by atoms with Crippen LogP contribution in [0.2, 0.25) is 0 Å². The molecule has 0 aliphatic heterocycles. The number of hydrogen-bond acceptors (Lipinski definition) is 2.